The molecule has 1 fully saturated rings. The van der Waals surface area contributed by atoms with Gasteiger partial charge in [-0.05, 0) is 50.5 Å². The lowest BCUT2D eigenvalue weighted by Gasteiger charge is -2.32. The summed E-state index contributed by atoms with van der Waals surface area (Å²) in [7, 11) is 3.89. The van der Waals surface area contributed by atoms with Gasteiger partial charge in [-0.25, -0.2) is 9.97 Å². The van der Waals surface area contributed by atoms with Gasteiger partial charge in [-0.15, -0.1) is 0 Å². The minimum Gasteiger partial charge on any atom is -0.491 e. The number of likely N-dealkylation sites (N-methyl/N-ethyl adjacent to an activating group) is 1. The molecule has 176 valence electrons. The number of hydrogen-bond acceptors (Lipinski definition) is 9. The van der Waals surface area contributed by atoms with Crippen molar-refractivity contribution in [2.75, 3.05) is 45.4 Å². The van der Waals surface area contributed by atoms with E-state index in [9.17, 15) is 5.11 Å². The van der Waals surface area contributed by atoms with Crippen molar-refractivity contribution in [1.82, 2.24) is 19.7 Å². The first-order chi connectivity index (χ1) is 16.0. The van der Waals surface area contributed by atoms with Crippen LogP contribution in [0.5, 0.6) is 5.75 Å². The topological polar surface area (TPSA) is 92.6 Å². The zero-order valence-corrected chi connectivity index (χ0v) is 20.1. The Hall–Kier alpha value is -2.59. The van der Waals surface area contributed by atoms with Crippen molar-refractivity contribution in [2.24, 2.45) is 0 Å². The summed E-state index contributed by atoms with van der Waals surface area (Å²) in [5.41, 5.74) is 3.70. The third-order valence-electron chi connectivity index (χ3n) is 5.81. The van der Waals surface area contributed by atoms with Gasteiger partial charge in [0.1, 0.15) is 24.3 Å². The molecule has 0 aliphatic carbocycles. The van der Waals surface area contributed by atoms with E-state index in [2.05, 4.69) is 21.6 Å². The molecule has 33 heavy (non-hydrogen) atoms. The third-order valence-corrected chi connectivity index (χ3v) is 6.53. The van der Waals surface area contributed by atoms with Crippen molar-refractivity contribution >= 4 is 17.4 Å². The molecule has 1 saturated heterocycles. The molecule has 4 rings (SSSR count). The number of aromatic nitrogens is 3. The van der Waals surface area contributed by atoms with Gasteiger partial charge in [-0.2, -0.15) is 4.37 Å². The molecule has 0 saturated carbocycles. The van der Waals surface area contributed by atoms with Gasteiger partial charge in [0.25, 0.3) is 0 Å². The van der Waals surface area contributed by atoms with Gasteiger partial charge in [0.05, 0.1) is 11.4 Å². The first-order valence-electron chi connectivity index (χ1n) is 11.2. The van der Waals surface area contributed by atoms with E-state index in [0.717, 1.165) is 54.4 Å². The van der Waals surface area contributed by atoms with Crippen molar-refractivity contribution in [1.29, 1.82) is 0 Å². The van der Waals surface area contributed by atoms with E-state index in [1.54, 1.807) is 7.05 Å². The predicted molar refractivity (Wildman–Crippen MR) is 131 cm³/mol. The Bertz CT molecular complexity index is 1050. The van der Waals surface area contributed by atoms with Gasteiger partial charge in [0.15, 0.2) is 5.82 Å². The highest BCUT2D eigenvalue weighted by Gasteiger charge is 2.22. The fourth-order valence-electron chi connectivity index (χ4n) is 3.89. The van der Waals surface area contributed by atoms with Crippen LogP contribution in [0.15, 0.2) is 35.7 Å². The summed E-state index contributed by atoms with van der Waals surface area (Å²) in [6.07, 6.45) is 1.37. The van der Waals surface area contributed by atoms with Crippen molar-refractivity contribution in [2.45, 2.75) is 31.9 Å². The Balaban J connectivity index is 1.67. The average molecular weight is 470 g/mol. The summed E-state index contributed by atoms with van der Waals surface area (Å²) in [6, 6.07) is 10.1. The number of nitrogens with zero attached hydrogens (tertiary/aromatic N) is 4. The van der Waals surface area contributed by atoms with Gasteiger partial charge in [0, 0.05) is 55.4 Å². The number of aliphatic hydroxyl groups excluding tert-OH is 1. The first-order valence-corrected chi connectivity index (χ1v) is 12.1. The minimum atomic E-state index is -0.577. The third kappa shape index (κ3) is 5.86. The molecule has 1 aliphatic rings. The standard InChI is InChI=1S/C24H31N5O3S/c1-16-21(15-33-28-16)22-12-23(29(3)18-7-9-31-10-8-18)27-24(26-22)17-5-4-6-20(11-17)32-14-19(30)13-25-2/h4-6,11-12,15,18-19,25,30H,7-10,13-14H2,1-3H3. The Morgan fingerprint density at radius 2 is 2.09 bits per heavy atom. The Morgan fingerprint density at radius 1 is 1.27 bits per heavy atom. The van der Waals surface area contributed by atoms with Crippen LogP contribution < -0.4 is 15.0 Å². The van der Waals surface area contributed by atoms with Crippen LogP contribution in [0.25, 0.3) is 22.6 Å². The maximum atomic E-state index is 9.95. The van der Waals surface area contributed by atoms with E-state index in [1.165, 1.54) is 11.5 Å². The summed E-state index contributed by atoms with van der Waals surface area (Å²) in [6.45, 7) is 4.22. The molecule has 1 unspecified atom stereocenters. The number of anilines is 1. The molecule has 1 aliphatic heterocycles. The van der Waals surface area contributed by atoms with Gasteiger partial charge >= 0.3 is 0 Å². The smallest absolute Gasteiger partial charge is 0.162 e. The number of rotatable bonds is 9. The number of benzene rings is 1. The first kappa shape index (κ1) is 23.6. The molecule has 1 aromatic carbocycles. The normalized spacial score (nSPS) is 15.4. The van der Waals surface area contributed by atoms with Crippen LogP contribution in [0.3, 0.4) is 0 Å². The van der Waals surface area contributed by atoms with Crippen LogP contribution in [-0.4, -0.2) is 72.1 Å². The summed E-state index contributed by atoms with van der Waals surface area (Å²) in [5.74, 6) is 2.18. The van der Waals surface area contributed by atoms with E-state index in [-0.39, 0.29) is 6.61 Å². The molecular formula is C24H31N5O3S. The predicted octanol–water partition coefficient (Wildman–Crippen LogP) is 3.15. The van der Waals surface area contributed by atoms with Gasteiger partial charge in [0.2, 0.25) is 0 Å². The van der Waals surface area contributed by atoms with E-state index in [1.807, 2.05) is 42.6 Å². The SMILES string of the molecule is CNCC(O)COc1cccc(-c2nc(-c3csnc3C)cc(N(C)C3CCOCC3)n2)c1. The molecule has 8 nitrogen and oxygen atoms in total. The number of ether oxygens (including phenoxy) is 2. The monoisotopic (exact) mass is 469 g/mol. The molecule has 2 N–H and O–H groups in total. The summed E-state index contributed by atoms with van der Waals surface area (Å²) < 4.78 is 15.8. The Morgan fingerprint density at radius 3 is 2.82 bits per heavy atom. The molecule has 3 heterocycles. The van der Waals surface area contributed by atoms with Crippen LogP contribution in [-0.2, 0) is 4.74 Å². The van der Waals surface area contributed by atoms with Crippen molar-refractivity contribution in [3.8, 4) is 28.4 Å². The van der Waals surface area contributed by atoms with E-state index in [4.69, 9.17) is 19.4 Å². The second kappa shape index (κ2) is 11.0. The molecular weight excluding hydrogens is 438 g/mol. The van der Waals surface area contributed by atoms with Crippen LogP contribution in [0.4, 0.5) is 5.82 Å². The Labute approximate surface area is 198 Å². The molecule has 0 bridgehead atoms. The molecule has 0 amide bonds. The van der Waals surface area contributed by atoms with Crippen molar-refractivity contribution in [3.05, 3.63) is 41.4 Å². The van der Waals surface area contributed by atoms with Crippen LogP contribution in [0, 0.1) is 6.92 Å². The maximum absolute atomic E-state index is 9.95. The highest BCUT2D eigenvalue weighted by atomic mass is 32.1. The number of aliphatic hydroxyl groups is 1. The van der Waals surface area contributed by atoms with Gasteiger partial charge in [-0.3, -0.25) is 0 Å². The van der Waals surface area contributed by atoms with Crippen molar-refractivity contribution in [3.63, 3.8) is 0 Å². The van der Waals surface area contributed by atoms with Crippen molar-refractivity contribution < 1.29 is 14.6 Å². The Kier molecular flexibility index (Phi) is 7.87. The molecule has 1 atom stereocenters. The fraction of sp³-hybridized carbons (Fsp3) is 0.458. The van der Waals surface area contributed by atoms with Crippen LogP contribution >= 0.6 is 11.5 Å². The fourth-order valence-corrected chi connectivity index (χ4v) is 4.60. The maximum Gasteiger partial charge on any atom is 0.162 e. The summed E-state index contributed by atoms with van der Waals surface area (Å²) in [5, 5.41) is 14.9. The van der Waals surface area contributed by atoms with Crippen LogP contribution in [0.1, 0.15) is 18.5 Å². The largest absolute Gasteiger partial charge is 0.491 e. The highest BCUT2D eigenvalue weighted by molar-refractivity contribution is 7.04. The number of aryl methyl sites for hydroxylation is 1. The lowest BCUT2D eigenvalue weighted by Crippen LogP contribution is -2.37. The van der Waals surface area contributed by atoms with Gasteiger partial charge < -0.3 is 24.8 Å². The molecule has 0 spiro atoms. The molecule has 3 aromatic rings. The van der Waals surface area contributed by atoms with E-state index < -0.39 is 6.10 Å². The number of hydrogen-bond donors (Lipinski definition) is 2. The molecule has 2 aromatic heterocycles. The average Bonchev–Trinajstić information content (AvgIpc) is 3.29. The summed E-state index contributed by atoms with van der Waals surface area (Å²) in [4.78, 5) is 12.1. The zero-order chi connectivity index (χ0) is 23.2. The lowest BCUT2D eigenvalue weighted by molar-refractivity contribution is 0.0853. The van der Waals surface area contributed by atoms with E-state index >= 15 is 0 Å². The summed E-state index contributed by atoms with van der Waals surface area (Å²) >= 11 is 1.43. The van der Waals surface area contributed by atoms with Gasteiger partial charge in [-0.1, -0.05) is 12.1 Å². The van der Waals surface area contributed by atoms with Crippen LogP contribution in [0.2, 0.25) is 0 Å². The zero-order valence-electron chi connectivity index (χ0n) is 19.3. The lowest BCUT2D eigenvalue weighted by atomic mass is 10.1. The second-order valence-electron chi connectivity index (χ2n) is 8.25. The molecule has 0 radical (unpaired) electrons. The minimum absolute atomic E-state index is 0.211. The van der Waals surface area contributed by atoms with E-state index in [0.29, 0.717) is 24.2 Å². The second-order valence-corrected chi connectivity index (χ2v) is 8.88. The molecule has 9 heteroatoms. The highest BCUT2D eigenvalue weighted by Crippen LogP contribution is 2.31. The quantitative estimate of drug-likeness (QED) is 0.494. The number of nitrogens with one attached hydrogen (secondary N) is 1.